The summed E-state index contributed by atoms with van der Waals surface area (Å²) in [5.41, 5.74) is 0.608. The molecule has 7 heteroatoms. The molecule has 1 aromatic heterocycles. The largest absolute Gasteiger partial charge is 0.469 e. The highest BCUT2D eigenvalue weighted by Crippen LogP contribution is 2.15. The monoisotopic (exact) mass is 420 g/mol. The lowest BCUT2D eigenvalue weighted by atomic mass is 9.93. The maximum atomic E-state index is 12.9. The maximum Gasteiger partial charge on any atom is 0.325 e. The molecule has 1 aliphatic rings. The molecule has 0 fully saturated rings. The van der Waals surface area contributed by atoms with Crippen molar-refractivity contribution in [2.24, 2.45) is 5.41 Å². The van der Waals surface area contributed by atoms with Gasteiger partial charge in [0, 0.05) is 31.7 Å². The summed E-state index contributed by atoms with van der Waals surface area (Å²) in [6.45, 7) is 5.28. The number of nitrogens with one attached hydrogen (secondary N) is 2. The number of nitrogens with zero attached hydrogens (tertiary/aromatic N) is 2. The average Bonchev–Trinajstić information content (AvgIpc) is 2.96. The molecule has 0 aliphatic carbocycles. The quantitative estimate of drug-likeness (QED) is 0.671. The number of hydrogen-bond acceptors (Lipinski definition) is 5. The van der Waals surface area contributed by atoms with Crippen LogP contribution in [0.4, 0.5) is 10.6 Å². The topological polar surface area (TPSA) is 83.6 Å². The second-order valence-corrected chi connectivity index (χ2v) is 8.11. The molecule has 31 heavy (non-hydrogen) atoms. The van der Waals surface area contributed by atoms with Crippen LogP contribution in [0.15, 0.2) is 60.9 Å². The lowest BCUT2D eigenvalue weighted by Crippen LogP contribution is -2.42. The normalized spacial score (nSPS) is 13.0. The number of anilines is 1. The van der Waals surface area contributed by atoms with E-state index in [4.69, 9.17) is 4.74 Å². The van der Waals surface area contributed by atoms with Gasteiger partial charge in [-0.05, 0) is 39.6 Å². The average molecular weight is 421 g/mol. The van der Waals surface area contributed by atoms with Crippen molar-refractivity contribution in [2.45, 2.75) is 20.3 Å². The third kappa shape index (κ3) is 6.18. The summed E-state index contributed by atoms with van der Waals surface area (Å²) in [6.07, 6.45) is 7.10. The minimum Gasteiger partial charge on any atom is -0.469 e. The van der Waals surface area contributed by atoms with Crippen molar-refractivity contribution in [1.82, 2.24) is 15.2 Å². The molecule has 1 aliphatic heterocycles. The lowest BCUT2D eigenvalue weighted by Gasteiger charge is -2.26. The molecule has 0 spiro atoms. The van der Waals surface area contributed by atoms with E-state index in [0.29, 0.717) is 13.1 Å². The van der Waals surface area contributed by atoms with Gasteiger partial charge >= 0.3 is 12.0 Å². The van der Waals surface area contributed by atoms with Gasteiger partial charge < -0.3 is 15.4 Å². The van der Waals surface area contributed by atoms with E-state index >= 15 is 0 Å². The number of aromatic nitrogens is 1. The predicted molar refractivity (Wildman–Crippen MR) is 121 cm³/mol. The molecule has 0 unspecified atom stereocenters. The van der Waals surface area contributed by atoms with E-state index in [0.717, 1.165) is 21.8 Å². The zero-order valence-corrected chi connectivity index (χ0v) is 18.1. The molecule has 2 aromatic rings. The van der Waals surface area contributed by atoms with Gasteiger partial charge in [0.05, 0.1) is 13.5 Å². The molecular weight excluding hydrogens is 392 g/mol. The molecule has 0 atom stereocenters. The first-order chi connectivity index (χ1) is 14.9. The van der Waals surface area contributed by atoms with Crippen LogP contribution < -0.4 is 21.1 Å². The van der Waals surface area contributed by atoms with E-state index in [1.165, 1.54) is 12.0 Å². The van der Waals surface area contributed by atoms with Crippen molar-refractivity contribution in [3.05, 3.63) is 71.4 Å². The highest BCUT2D eigenvalue weighted by Gasteiger charge is 2.21. The number of methoxy groups -OCH3 is 1. The number of fused-ring (bicyclic) bond motifs is 1. The van der Waals surface area contributed by atoms with Crippen LogP contribution in [0.5, 0.6) is 0 Å². The molecule has 0 bridgehead atoms. The summed E-state index contributed by atoms with van der Waals surface area (Å²) in [5.74, 6) is 0.477. The second kappa shape index (κ2) is 9.93. The Balaban J connectivity index is 1.68. The van der Waals surface area contributed by atoms with Crippen LogP contribution in [0.25, 0.3) is 11.8 Å². The number of rotatable bonds is 7. The standard InChI is InChI=1S/C24H28N4O3/c1-24(2,16-26-21-10-6-7-12-25-21)17-27-23(30)28-13-11-18(14-22(29)31-3)20-9-5-4-8-19(20)15-28/h4-13,15H,14,16-17H2,1-3H3,(H,25,26)(H,27,30). The molecule has 2 amide bonds. The number of carbonyl (C=O) groups is 2. The Kier molecular flexibility index (Phi) is 7.07. The fraction of sp³-hybridized carbons (Fsp3) is 0.292. The van der Waals surface area contributed by atoms with Gasteiger partial charge in [-0.15, -0.1) is 0 Å². The summed E-state index contributed by atoms with van der Waals surface area (Å²) in [7, 11) is 1.37. The van der Waals surface area contributed by atoms with E-state index in [2.05, 4.69) is 29.5 Å². The van der Waals surface area contributed by atoms with E-state index in [9.17, 15) is 9.59 Å². The van der Waals surface area contributed by atoms with Crippen molar-refractivity contribution >= 4 is 29.6 Å². The Morgan fingerprint density at radius 2 is 1.87 bits per heavy atom. The number of amides is 2. The van der Waals surface area contributed by atoms with Crippen molar-refractivity contribution in [3.63, 3.8) is 0 Å². The van der Waals surface area contributed by atoms with E-state index in [1.807, 2.05) is 42.5 Å². The summed E-state index contributed by atoms with van der Waals surface area (Å²) < 4.78 is 4.81. The summed E-state index contributed by atoms with van der Waals surface area (Å²) in [4.78, 5) is 30.4. The molecule has 7 nitrogen and oxygen atoms in total. The van der Waals surface area contributed by atoms with Crippen molar-refractivity contribution in [2.75, 3.05) is 25.5 Å². The Hall–Kier alpha value is -3.61. The zero-order chi connectivity index (χ0) is 22.3. The highest BCUT2D eigenvalue weighted by molar-refractivity contribution is 5.84. The molecule has 162 valence electrons. The smallest absolute Gasteiger partial charge is 0.325 e. The Morgan fingerprint density at radius 1 is 1.10 bits per heavy atom. The fourth-order valence-electron chi connectivity index (χ4n) is 3.13. The third-order valence-corrected chi connectivity index (χ3v) is 4.95. The zero-order valence-electron chi connectivity index (χ0n) is 18.1. The number of esters is 1. The number of carbonyl (C=O) groups excluding carboxylic acids is 2. The first-order valence-electron chi connectivity index (χ1n) is 10.1. The number of benzene rings is 1. The first-order valence-corrected chi connectivity index (χ1v) is 10.1. The van der Waals surface area contributed by atoms with Crippen LogP contribution in [-0.4, -0.2) is 42.1 Å². The van der Waals surface area contributed by atoms with Gasteiger partial charge in [-0.3, -0.25) is 9.69 Å². The number of urea groups is 1. The van der Waals surface area contributed by atoms with E-state index in [1.54, 1.807) is 24.7 Å². The van der Waals surface area contributed by atoms with E-state index in [-0.39, 0.29) is 23.8 Å². The molecule has 0 radical (unpaired) electrons. The predicted octanol–water partition coefficient (Wildman–Crippen LogP) is 2.21. The number of allylic oxidation sites excluding steroid dienone is 1. The third-order valence-electron chi connectivity index (χ3n) is 4.95. The first kappa shape index (κ1) is 22.1. The molecular formula is C24H28N4O3. The van der Waals surface area contributed by atoms with Crippen molar-refractivity contribution in [1.29, 1.82) is 0 Å². The molecule has 2 heterocycles. The summed E-state index contributed by atoms with van der Waals surface area (Å²) in [5, 5.41) is 8.05. The van der Waals surface area contributed by atoms with Crippen molar-refractivity contribution < 1.29 is 14.3 Å². The lowest BCUT2D eigenvalue weighted by molar-refractivity contribution is -0.139. The molecule has 0 saturated heterocycles. The van der Waals surface area contributed by atoms with Gasteiger partial charge in [-0.25, -0.2) is 9.78 Å². The fourth-order valence-corrected chi connectivity index (χ4v) is 3.13. The van der Waals surface area contributed by atoms with Crippen LogP contribution in [0.3, 0.4) is 0 Å². The highest BCUT2D eigenvalue weighted by atomic mass is 16.5. The Morgan fingerprint density at radius 3 is 2.61 bits per heavy atom. The van der Waals surface area contributed by atoms with Crippen molar-refractivity contribution in [3.8, 4) is 0 Å². The maximum absolute atomic E-state index is 12.9. The van der Waals surface area contributed by atoms with Gasteiger partial charge in [0.25, 0.3) is 0 Å². The minimum absolute atomic E-state index is 0.138. The molecule has 3 rings (SSSR count). The number of hydrogen-bond donors (Lipinski definition) is 2. The van der Waals surface area contributed by atoms with Crippen LogP contribution in [0.1, 0.15) is 20.3 Å². The van der Waals surface area contributed by atoms with Gasteiger partial charge in [0.15, 0.2) is 0 Å². The molecule has 2 N–H and O–H groups in total. The van der Waals surface area contributed by atoms with Crippen LogP contribution in [-0.2, 0) is 9.53 Å². The van der Waals surface area contributed by atoms with Crippen LogP contribution in [0, 0.1) is 5.41 Å². The number of ether oxygens (including phenoxy) is 1. The number of pyridine rings is 1. The van der Waals surface area contributed by atoms with Crippen LogP contribution >= 0.6 is 0 Å². The molecule has 0 saturated carbocycles. The molecule has 1 aromatic carbocycles. The van der Waals surface area contributed by atoms with Crippen LogP contribution in [0.2, 0.25) is 0 Å². The second-order valence-electron chi connectivity index (χ2n) is 8.11. The minimum atomic E-state index is -0.325. The Bertz CT molecular complexity index is 1080. The van der Waals surface area contributed by atoms with E-state index < -0.39 is 0 Å². The van der Waals surface area contributed by atoms with Gasteiger partial charge in [0.2, 0.25) is 0 Å². The Labute approximate surface area is 182 Å². The summed E-state index contributed by atoms with van der Waals surface area (Å²) >= 11 is 0. The van der Waals surface area contributed by atoms with Gasteiger partial charge in [0.1, 0.15) is 5.82 Å². The van der Waals surface area contributed by atoms with Gasteiger partial charge in [-0.2, -0.15) is 0 Å². The van der Waals surface area contributed by atoms with Gasteiger partial charge in [-0.1, -0.05) is 44.2 Å². The summed E-state index contributed by atoms with van der Waals surface area (Å²) in [6, 6.07) is 13.1. The SMILES string of the molecule is COC(=O)CC1=c2ccccc2=CN(C(=O)NCC(C)(C)CNc2ccccn2)C=C1.